The minimum absolute atomic E-state index is 0.191. The molecule has 0 saturated carbocycles. The van der Waals surface area contributed by atoms with Crippen LogP contribution in [0, 0.1) is 0 Å². The Morgan fingerprint density at radius 1 is 1.26 bits per heavy atom. The average Bonchev–Trinajstić information content (AvgIpc) is 2.59. The number of carbonyl (C=O) groups is 1. The molecular formula is C18H18O5. The quantitative estimate of drug-likeness (QED) is 0.777. The monoisotopic (exact) mass is 314 g/mol. The molecule has 1 heterocycles. The second-order valence-corrected chi connectivity index (χ2v) is 5.00. The predicted molar refractivity (Wildman–Crippen MR) is 84.8 cm³/mol. The fraction of sp³-hybridized carbons (Fsp3) is 0.278. The zero-order valence-electron chi connectivity index (χ0n) is 13.3. The summed E-state index contributed by atoms with van der Waals surface area (Å²) in [5.41, 5.74) is 0.843. The van der Waals surface area contributed by atoms with Crippen LogP contribution in [0.3, 0.4) is 0 Å². The molecule has 1 aliphatic heterocycles. The molecule has 120 valence electrons. The minimum atomic E-state index is -0.483. The second-order valence-electron chi connectivity index (χ2n) is 5.00. The number of ether oxygens (including phenoxy) is 4. The second kappa shape index (κ2) is 6.20. The van der Waals surface area contributed by atoms with Gasteiger partial charge in [-0.2, -0.15) is 0 Å². The topological polar surface area (TPSA) is 54.0 Å². The molecular weight excluding hydrogens is 296 g/mol. The van der Waals surface area contributed by atoms with E-state index < -0.39 is 12.1 Å². The van der Waals surface area contributed by atoms with E-state index in [1.807, 2.05) is 36.4 Å². The smallest absolute Gasteiger partial charge is 0.374 e. The first-order chi connectivity index (χ1) is 11.2. The Bertz CT molecular complexity index is 816. The maximum Gasteiger partial charge on any atom is 0.374 e. The van der Waals surface area contributed by atoms with Crippen molar-refractivity contribution in [2.45, 2.75) is 13.0 Å². The van der Waals surface area contributed by atoms with Crippen molar-refractivity contribution in [1.29, 1.82) is 0 Å². The van der Waals surface area contributed by atoms with Crippen molar-refractivity contribution < 1.29 is 23.7 Å². The Morgan fingerprint density at radius 3 is 2.78 bits per heavy atom. The Morgan fingerprint density at radius 2 is 2.09 bits per heavy atom. The van der Waals surface area contributed by atoms with Crippen LogP contribution in [-0.4, -0.2) is 32.9 Å². The third-order valence-corrected chi connectivity index (χ3v) is 3.77. The van der Waals surface area contributed by atoms with Gasteiger partial charge < -0.3 is 18.9 Å². The van der Waals surface area contributed by atoms with E-state index in [0.717, 1.165) is 10.8 Å². The van der Waals surface area contributed by atoms with E-state index in [1.54, 1.807) is 21.1 Å². The van der Waals surface area contributed by atoms with Gasteiger partial charge in [0.15, 0.2) is 0 Å². The third kappa shape index (κ3) is 2.48. The molecule has 1 atom stereocenters. The highest BCUT2D eigenvalue weighted by atomic mass is 16.6. The summed E-state index contributed by atoms with van der Waals surface area (Å²) in [7, 11) is 3.20. The molecule has 5 heteroatoms. The number of hydrogen-bond donors (Lipinski definition) is 0. The molecule has 2 aliphatic rings. The molecule has 0 spiro atoms. The number of rotatable bonds is 4. The van der Waals surface area contributed by atoms with E-state index in [-0.39, 0.29) is 12.4 Å². The van der Waals surface area contributed by atoms with Gasteiger partial charge in [0.1, 0.15) is 17.6 Å². The lowest BCUT2D eigenvalue weighted by Gasteiger charge is -2.27. The Kier molecular flexibility index (Phi) is 4.10. The van der Waals surface area contributed by atoms with Gasteiger partial charge in [-0.3, -0.25) is 0 Å². The highest BCUT2D eigenvalue weighted by Gasteiger charge is 2.31. The van der Waals surface area contributed by atoms with Gasteiger partial charge in [-0.05, 0) is 25.1 Å². The number of carbonyl (C=O) groups excluding carboxylic acids is 1. The molecule has 1 aliphatic carbocycles. The maximum atomic E-state index is 12.3. The van der Waals surface area contributed by atoms with Crippen LogP contribution in [0.2, 0.25) is 0 Å². The molecule has 1 aromatic rings. The number of esters is 1. The highest BCUT2D eigenvalue weighted by molar-refractivity contribution is 6.07. The molecule has 0 amide bonds. The van der Waals surface area contributed by atoms with Gasteiger partial charge in [0.05, 0.1) is 26.4 Å². The molecule has 0 radical (unpaired) electrons. The fourth-order valence-electron chi connectivity index (χ4n) is 2.83. The molecule has 0 N–H and O–H groups in total. The van der Waals surface area contributed by atoms with Crippen LogP contribution >= 0.6 is 0 Å². The number of hydrogen-bond acceptors (Lipinski definition) is 5. The summed E-state index contributed by atoms with van der Waals surface area (Å²) in [6, 6.07) is 5.48. The molecule has 0 saturated heterocycles. The van der Waals surface area contributed by atoms with Gasteiger partial charge in [-0.15, -0.1) is 0 Å². The van der Waals surface area contributed by atoms with Crippen molar-refractivity contribution in [1.82, 2.24) is 0 Å². The molecule has 0 aromatic heterocycles. The van der Waals surface area contributed by atoms with Gasteiger partial charge in [0.25, 0.3) is 0 Å². The fourth-order valence-corrected chi connectivity index (χ4v) is 2.83. The lowest BCUT2D eigenvalue weighted by atomic mass is 9.95. The third-order valence-electron chi connectivity index (χ3n) is 3.77. The Balaban J connectivity index is 2.40. The van der Waals surface area contributed by atoms with Crippen LogP contribution < -0.4 is 15.2 Å². The molecule has 1 unspecified atom stereocenters. The van der Waals surface area contributed by atoms with Gasteiger partial charge >= 0.3 is 5.97 Å². The molecule has 23 heavy (non-hydrogen) atoms. The summed E-state index contributed by atoms with van der Waals surface area (Å²) >= 11 is 0. The normalized spacial score (nSPS) is 18.4. The molecule has 0 fully saturated rings. The summed E-state index contributed by atoms with van der Waals surface area (Å²) in [4.78, 5) is 12.3. The van der Waals surface area contributed by atoms with E-state index in [9.17, 15) is 4.79 Å². The largest absolute Gasteiger partial charge is 0.496 e. The van der Waals surface area contributed by atoms with E-state index in [0.29, 0.717) is 16.7 Å². The van der Waals surface area contributed by atoms with Crippen LogP contribution in [0.1, 0.15) is 6.92 Å². The Labute approximate surface area is 134 Å². The van der Waals surface area contributed by atoms with E-state index in [1.165, 1.54) is 0 Å². The van der Waals surface area contributed by atoms with Crippen molar-refractivity contribution in [2.75, 3.05) is 20.8 Å². The van der Waals surface area contributed by atoms with Crippen LogP contribution in [-0.2, 0) is 19.0 Å². The molecule has 0 bridgehead atoms. The zero-order valence-corrected chi connectivity index (χ0v) is 13.3. The SMILES string of the molecule is CCOC(=O)C1=c2cccc(OC)c2=C2C(OC)=CC=CC2O1. The molecule has 5 nitrogen and oxygen atoms in total. The van der Waals surface area contributed by atoms with Gasteiger partial charge in [-0.25, -0.2) is 4.79 Å². The van der Waals surface area contributed by atoms with Crippen molar-refractivity contribution >= 4 is 17.3 Å². The summed E-state index contributed by atoms with van der Waals surface area (Å²) < 4.78 is 22.0. The van der Waals surface area contributed by atoms with Crippen molar-refractivity contribution in [3.63, 3.8) is 0 Å². The highest BCUT2D eigenvalue weighted by Crippen LogP contribution is 2.28. The predicted octanol–water partition coefficient (Wildman–Crippen LogP) is 1.02. The Hall–Kier alpha value is -2.69. The number of fused-ring (bicyclic) bond motifs is 2. The van der Waals surface area contributed by atoms with Crippen molar-refractivity contribution in [3.05, 3.63) is 52.6 Å². The van der Waals surface area contributed by atoms with E-state index >= 15 is 0 Å². The number of methoxy groups -OCH3 is 2. The van der Waals surface area contributed by atoms with Crippen molar-refractivity contribution in [2.24, 2.45) is 0 Å². The number of allylic oxidation sites excluding steroid dienone is 2. The summed E-state index contributed by atoms with van der Waals surface area (Å²) in [5.74, 6) is 1.05. The van der Waals surface area contributed by atoms with Crippen LogP contribution in [0.4, 0.5) is 0 Å². The zero-order chi connectivity index (χ0) is 16.4. The van der Waals surface area contributed by atoms with E-state index in [4.69, 9.17) is 18.9 Å². The van der Waals surface area contributed by atoms with Crippen LogP contribution in [0.5, 0.6) is 5.75 Å². The van der Waals surface area contributed by atoms with Crippen LogP contribution in [0.15, 0.2) is 42.2 Å². The van der Waals surface area contributed by atoms with Gasteiger partial charge in [0, 0.05) is 10.4 Å². The summed E-state index contributed by atoms with van der Waals surface area (Å²) in [6.45, 7) is 2.04. The average molecular weight is 314 g/mol. The standard InChI is InChI=1S/C18H18O5/c1-4-22-18(19)17-11-7-5-8-12(20-2)15(11)16-13(21-3)9-6-10-14(16)23-17/h5-10,14H,4H2,1-3H3. The number of benzene rings is 1. The first kappa shape index (κ1) is 15.2. The van der Waals surface area contributed by atoms with Crippen LogP contribution in [0.25, 0.3) is 11.3 Å². The van der Waals surface area contributed by atoms with Crippen molar-refractivity contribution in [3.8, 4) is 5.75 Å². The first-order valence-electron chi connectivity index (χ1n) is 7.39. The minimum Gasteiger partial charge on any atom is -0.496 e. The lowest BCUT2D eigenvalue weighted by molar-refractivity contribution is -0.138. The summed E-state index contributed by atoms with van der Waals surface area (Å²) in [6.07, 6.45) is 5.15. The van der Waals surface area contributed by atoms with Gasteiger partial charge in [-0.1, -0.05) is 18.2 Å². The molecule has 1 aromatic carbocycles. The molecule has 3 rings (SSSR count). The van der Waals surface area contributed by atoms with E-state index in [2.05, 4.69) is 0 Å². The first-order valence-corrected chi connectivity index (χ1v) is 7.39. The summed E-state index contributed by atoms with van der Waals surface area (Å²) in [5, 5.41) is 1.44. The van der Waals surface area contributed by atoms with Gasteiger partial charge in [0.2, 0.25) is 5.76 Å². The lowest BCUT2D eigenvalue weighted by Crippen LogP contribution is -2.42. The maximum absolute atomic E-state index is 12.3.